The van der Waals surface area contributed by atoms with Gasteiger partial charge in [0.15, 0.2) is 5.78 Å². The number of carbonyl (C=O) groups excluding carboxylic acids is 3. The van der Waals surface area contributed by atoms with Gasteiger partial charge in [-0.05, 0) is 86.0 Å². The highest BCUT2D eigenvalue weighted by Crippen LogP contribution is 2.34. The highest BCUT2D eigenvalue weighted by Gasteiger charge is 2.33. The van der Waals surface area contributed by atoms with Crippen molar-refractivity contribution in [1.82, 2.24) is 4.90 Å². The quantitative estimate of drug-likeness (QED) is 0.428. The smallest absolute Gasteiger partial charge is 0.323 e. The predicted molar refractivity (Wildman–Crippen MR) is 138 cm³/mol. The van der Waals surface area contributed by atoms with E-state index >= 15 is 0 Å². The summed E-state index contributed by atoms with van der Waals surface area (Å²) in [5.74, 6) is -0.172. The number of benzene rings is 3. The molecule has 0 aliphatic carbocycles. The molecule has 1 aliphatic heterocycles. The standard InChI is InChI=1S/C28H27N5O3/c1-18(34)20-7-10-23(11-8-20)31-28(36)32-24-12-9-22-15-26(21-5-3-19(17-30)4-6-21)33(14-2-13-29)27(35)25(22)16-24/h3-12,16,26H,2,13-15,29H2,1H3,(H2,31,32,36). The van der Waals surface area contributed by atoms with Gasteiger partial charge in [-0.1, -0.05) is 18.2 Å². The van der Waals surface area contributed by atoms with Crippen molar-refractivity contribution in [2.75, 3.05) is 23.7 Å². The Labute approximate surface area is 209 Å². The van der Waals surface area contributed by atoms with E-state index < -0.39 is 6.03 Å². The maximum absolute atomic E-state index is 13.5. The van der Waals surface area contributed by atoms with Gasteiger partial charge < -0.3 is 21.3 Å². The van der Waals surface area contributed by atoms with Gasteiger partial charge in [-0.25, -0.2) is 4.79 Å². The maximum Gasteiger partial charge on any atom is 0.323 e. The van der Waals surface area contributed by atoms with Crippen molar-refractivity contribution in [2.45, 2.75) is 25.8 Å². The predicted octanol–water partition coefficient (Wildman–Crippen LogP) is 4.49. The van der Waals surface area contributed by atoms with Gasteiger partial charge in [0.1, 0.15) is 0 Å². The summed E-state index contributed by atoms with van der Waals surface area (Å²) in [6, 6.07) is 20.7. The van der Waals surface area contributed by atoms with E-state index in [9.17, 15) is 14.4 Å². The molecule has 0 aromatic heterocycles. The van der Waals surface area contributed by atoms with E-state index in [2.05, 4.69) is 16.7 Å². The molecule has 4 rings (SSSR count). The Morgan fingerprint density at radius 2 is 1.69 bits per heavy atom. The Bertz CT molecular complexity index is 1330. The summed E-state index contributed by atoms with van der Waals surface area (Å²) in [5.41, 5.74) is 10.3. The first kappa shape index (κ1) is 24.6. The first-order chi connectivity index (χ1) is 17.4. The van der Waals surface area contributed by atoms with Crippen molar-refractivity contribution in [1.29, 1.82) is 5.26 Å². The molecule has 36 heavy (non-hydrogen) atoms. The summed E-state index contributed by atoms with van der Waals surface area (Å²) in [6.07, 6.45) is 1.28. The largest absolute Gasteiger partial charge is 0.331 e. The normalized spacial score (nSPS) is 14.5. The maximum atomic E-state index is 13.5. The third-order valence-electron chi connectivity index (χ3n) is 6.23. The van der Waals surface area contributed by atoms with Gasteiger partial charge in [-0.3, -0.25) is 9.59 Å². The minimum atomic E-state index is -0.454. The molecule has 0 radical (unpaired) electrons. The third-order valence-corrected chi connectivity index (χ3v) is 6.23. The van der Waals surface area contributed by atoms with Crippen LogP contribution in [0.5, 0.6) is 0 Å². The molecule has 8 nitrogen and oxygen atoms in total. The van der Waals surface area contributed by atoms with Crippen LogP contribution in [0.1, 0.15) is 56.8 Å². The lowest BCUT2D eigenvalue weighted by molar-refractivity contribution is 0.0646. The number of ketones is 1. The van der Waals surface area contributed by atoms with Crippen LogP contribution in [0.4, 0.5) is 16.2 Å². The number of fused-ring (bicyclic) bond motifs is 1. The van der Waals surface area contributed by atoms with Crippen molar-refractivity contribution >= 4 is 29.1 Å². The number of nitriles is 1. The number of hydrogen-bond acceptors (Lipinski definition) is 5. The van der Waals surface area contributed by atoms with Crippen LogP contribution in [0.25, 0.3) is 0 Å². The van der Waals surface area contributed by atoms with Crippen LogP contribution in [-0.4, -0.2) is 35.7 Å². The van der Waals surface area contributed by atoms with Crippen molar-refractivity contribution in [3.05, 3.63) is 94.5 Å². The first-order valence-electron chi connectivity index (χ1n) is 11.7. The Hall–Kier alpha value is -4.48. The van der Waals surface area contributed by atoms with E-state index in [-0.39, 0.29) is 17.7 Å². The number of anilines is 2. The van der Waals surface area contributed by atoms with Crippen LogP contribution in [0.15, 0.2) is 66.7 Å². The van der Waals surface area contributed by atoms with Crippen LogP contribution in [0.3, 0.4) is 0 Å². The molecule has 1 aliphatic rings. The highest BCUT2D eigenvalue weighted by molar-refractivity contribution is 6.03. The molecule has 3 amide bonds. The van der Waals surface area contributed by atoms with Gasteiger partial charge in [0.2, 0.25) is 0 Å². The van der Waals surface area contributed by atoms with Gasteiger partial charge in [0.05, 0.1) is 17.7 Å². The molecule has 1 unspecified atom stereocenters. The summed E-state index contributed by atoms with van der Waals surface area (Å²) in [4.78, 5) is 39.3. The fourth-order valence-corrected chi connectivity index (χ4v) is 4.32. The molecule has 1 heterocycles. The zero-order valence-corrected chi connectivity index (χ0v) is 20.0. The number of nitrogens with zero attached hydrogens (tertiary/aromatic N) is 2. The van der Waals surface area contributed by atoms with Crippen LogP contribution < -0.4 is 16.4 Å². The van der Waals surface area contributed by atoms with Crippen LogP contribution in [0.2, 0.25) is 0 Å². The molecule has 0 saturated heterocycles. The lowest BCUT2D eigenvalue weighted by atomic mass is 9.88. The van der Waals surface area contributed by atoms with Crippen molar-refractivity contribution in [3.63, 3.8) is 0 Å². The Kier molecular flexibility index (Phi) is 7.42. The number of Topliss-reactive ketones (excluding diaryl/α,β-unsaturated/α-hetero) is 1. The van der Waals surface area contributed by atoms with E-state index in [1.807, 2.05) is 23.1 Å². The average molecular weight is 482 g/mol. The second-order valence-corrected chi connectivity index (χ2v) is 8.68. The number of nitrogens with two attached hydrogens (primary N) is 1. The second kappa shape index (κ2) is 10.8. The number of nitrogens with one attached hydrogen (secondary N) is 2. The number of rotatable bonds is 7. The van der Waals surface area contributed by atoms with E-state index in [1.54, 1.807) is 48.5 Å². The molecule has 8 heteroatoms. The molecular formula is C28H27N5O3. The lowest BCUT2D eigenvalue weighted by Crippen LogP contribution is -2.41. The molecule has 3 aromatic rings. The van der Waals surface area contributed by atoms with Crippen LogP contribution in [-0.2, 0) is 6.42 Å². The van der Waals surface area contributed by atoms with E-state index in [1.165, 1.54) is 6.92 Å². The van der Waals surface area contributed by atoms with Gasteiger partial charge in [0.25, 0.3) is 5.91 Å². The fraction of sp³-hybridized carbons (Fsp3) is 0.214. The third kappa shape index (κ3) is 5.43. The number of hydrogen-bond donors (Lipinski definition) is 3. The zero-order chi connectivity index (χ0) is 25.7. The van der Waals surface area contributed by atoms with Crippen molar-refractivity contribution in [3.8, 4) is 6.07 Å². The Balaban J connectivity index is 1.53. The highest BCUT2D eigenvalue weighted by atomic mass is 16.2. The monoisotopic (exact) mass is 481 g/mol. The average Bonchev–Trinajstić information content (AvgIpc) is 2.88. The molecule has 4 N–H and O–H groups in total. The summed E-state index contributed by atoms with van der Waals surface area (Å²) >= 11 is 0. The summed E-state index contributed by atoms with van der Waals surface area (Å²) in [7, 11) is 0. The number of amides is 3. The molecule has 0 saturated carbocycles. The van der Waals surface area contributed by atoms with Crippen LogP contribution >= 0.6 is 0 Å². The van der Waals surface area contributed by atoms with E-state index in [0.717, 1.165) is 11.1 Å². The zero-order valence-electron chi connectivity index (χ0n) is 20.0. The summed E-state index contributed by atoms with van der Waals surface area (Å²) < 4.78 is 0. The molecule has 3 aromatic carbocycles. The van der Waals surface area contributed by atoms with Gasteiger partial charge >= 0.3 is 6.03 Å². The van der Waals surface area contributed by atoms with Crippen LogP contribution in [0, 0.1) is 11.3 Å². The van der Waals surface area contributed by atoms with Crippen molar-refractivity contribution in [2.24, 2.45) is 5.73 Å². The molecule has 1 atom stereocenters. The summed E-state index contributed by atoms with van der Waals surface area (Å²) in [6.45, 7) is 2.45. The molecule has 182 valence electrons. The topological polar surface area (TPSA) is 128 Å². The molecular weight excluding hydrogens is 454 g/mol. The number of urea groups is 1. The minimum Gasteiger partial charge on any atom is -0.331 e. The molecule has 0 spiro atoms. The van der Waals surface area contributed by atoms with Gasteiger partial charge in [0, 0.05) is 29.0 Å². The minimum absolute atomic E-state index is 0.0494. The lowest BCUT2D eigenvalue weighted by Gasteiger charge is -2.37. The van der Waals surface area contributed by atoms with Gasteiger partial charge in [-0.2, -0.15) is 5.26 Å². The van der Waals surface area contributed by atoms with Gasteiger partial charge in [-0.15, -0.1) is 0 Å². The van der Waals surface area contributed by atoms with E-state index in [0.29, 0.717) is 54.0 Å². The van der Waals surface area contributed by atoms with Crippen molar-refractivity contribution < 1.29 is 14.4 Å². The molecule has 0 fully saturated rings. The second-order valence-electron chi connectivity index (χ2n) is 8.68. The Morgan fingerprint density at radius 1 is 1.03 bits per heavy atom. The Morgan fingerprint density at radius 3 is 2.33 bits per heavy atom. The van der Waals surface area contributed by atoms with E-state index in [4.69, 9.17) is 11.0 Å². The number of carbonyl (C=O) groups is 3. The first-order valence-corrected chi connectivity index (χ1v) is 11.7. The summed E-state index contributed by atoms with van der Waals surface area (Å²) in [5, 5.41) is 14.6. The molecule has 0 bridgehead atoms. The SMILES string of the molecule is CC(=O)c1ccc(NC(=O)Nc2ccc3c(c2)C(=O)N(CCCN)C(c2ccc(C#N)cc2)C3)cc1. The fourth-order valence-electron chi connectivity index (χ4n) is 4.32.